The molecule has 136 valence electrons. The summed E-state index contributed by atoms with van der Waals surface area (Å²) in [4.78, 5) is 24.3. The summed E-state index contributed by atoms with van der Waals surface area (Å²) >= 11 is 0. The molecule has 5 nitrogen and oxygen atoms in total. The maximum Gasteiger partial charge on any atom is 0.342 e. The van der Waals surface area contributed by atoms with Crippen molar-refractivity contribution in [1.82, 2.24) is 0 Å². The monoisotopic (exact) mass is 354 g/mol. The van der Waals surface area contributed by atoms with Crippen molar-refractivity contribution in [3.63, 3.8) is 0 Å². The van der Waals surface area contributed by atoms with Crippen LogP contribution in [0.3, 0.4) is 0 Å². The number of ketones is 1. The molecule has 1 fully saturated rings. The van der Waals surface area contributed by atoms with Crippen molar-refractivity contribution < 1.29 is 23.8 Å². The van der Waals surface area contributed by atoms with E-state index in [-0.39, 0.29) is 5.78 Å². The van der Waals surface area contributed by atoms with E-state index in [4.69, 9.17) is 14.2 Å². The van der Waals surface area contributed by atoms with Crippen LogP contribution in [-0.4, -0.2) is 31.1 Å². The molecule has 0 unspecified atom stereocenters. The minimum absolute atomic E-state index is 0.000685. The second kappa shape index (κ2) is 9.04. The van der Waals surface area contributed by atoms with Crippen LogP contribution in [0.5, 0.6) is 11.5 Å². The lowest BCUT2D eigenvalue weighted by Crippen LogP contribution is -2.30. The molecule has 0 spiro atoms. The Morgan fingerprint density at radius 2 is 1.65 bits per heavy atom. The van der Waals surface area contributed by atoms with E-state index in [0.717, 1.165) is 18.6 Å². The minimum Gasteiger partial charge on any atom is -0.490 e. The van der Waals surface area contributed by atoms with Crippen molar-refractivity contribution in [3.05, 3.63) is 60.2 Å². The highest BCUT2D eigenvalue weighted by atomic mass is 16.6. The number of rotatable bonds is 7. The average molecular weight is 354 g/mol. The quantitative estimate of drug-likeness (QED) is 0.559. The van der Waals surface area contributed by atoms with Gasteiger partial charge < -0.3 is 14.2 Å². The first-order valence-electron chi connectivity index (χ1n) is 8.87. The van der Waals surface area contributed by atoms with Crippen molar-refractivity contribution in [1.29, 1.82) is 0 Å². The van der Waals surface area contributed by atoms with E-state index in [0.29, 0.717) is 37.4 Å². The minimum atomic E-state index is -0.634. The lowest BCUT2D eigenvalue weighted by Gasteiger charge is -2.21. The van der Waals surface area contributed by atoms with Gasteiger partial charge in [0.05, 0.1) is 0 Å². The molecule has 2 aromatic carbocycles. The van der Waals surface area contributed by atoms with Crippen LogP contribution in [0.15, 0.2) is 54.6 Å². The molecule has 0 N–H and O–H groups in total. The standard InChI is InChI=1S/C21H22O5/c22-18-11-5-7-13-20(18)26-21(23)17-10-4-6-12-19(17)25-15-14-24-16-8-2-1-3-9-16/h1-4,6,8-10,12,20H,5,7,11,13-15H2/t20-/m0/s1. The molecule has 0 aromatic heterocycles. The van der Waals surface area contributed by atoms with Crippen LogP contribution in [0.4, 0.5) is 0 Å². The molecule has 5 heteroatoms. The summed E-state index contributed by atoms with van der Waals surface area (Å²) < 4.78 is 16.7. The zero-order valence-electron chi connectivity index (χ0n) is 14.6. The number of ether oxygens (including phenoxy) is 3. The SMILES string of the molecule is O=C(O[C@H]1CCCCC1=O)c1ccccc1OCCOc1ccccc1. The zero-order chi connectivity index (χ0) is 18.2. The van der Waals surface area contributed by atoms with Crippen molar-refractivity contribution in [2.45, 2.75) is 31.8 Å². The Morgan fingerprint density at radius 1 is 0.923 bits per heavy atom. The topological polar surface area (TPSA) is 61.8 Å². The predicted octanol–water partition coefficient (Wildman–Crippen LogP) is 3.81. The van der Waals surface area contributed by atoms with Gasteiger partial charge in [0, 0.05) is 6.42 Å². The molecule has 1 saturated carbocycles. The molecule has 1 aliphatic rings. The summed E-state index contributed by atoms with van der Waals surface area (Å²) in [5, 5.41) is 0. The Hall–Kier alpha value is -2.82. The van der Waals surface area contributed by atoms with Gasteiger partial charge in [0.1, 0.15) is 30.3 Å². The normalized spacial score (nSPS) is 16.8. The van der Waals surface area contributed by atoms with Gasteiger partial charge in [-0.3, -0.25) is 4.79 Å². The third kappa shape index (κ3) is 4.85. The lowest BCUT2D eigenvalue weighted by atomic mass is 9.96. The van der Waals surface area contributed by atoms with Crippen LogP contribution < -0.4 is 9.47 Å². The molecule has 0 radical (unpaired) electrons. The summed E-state index contributed by atoms with van der Waals surface area (Å²) in [5.74, 6) is 0.668. The van der Waals surface area contributed by atoms with Crippen molar-refractivity contribution in [2.24, 2.45) is 0 Å². The number of benzene rings is 2. The van der Waals surface area contributed by atoms with E-state index in [1.807, 2.05) is 30.3 Å². The zero-order valence-corrected chi connectivity index (χ0v) is 14.6. The van der Waals surface area contributed by atoms with Gasteiger partial charge >= 0.3 is 5.97 Å². The van der Waals surface area contributed by atoms with E-state index in [2.05, 4.69) is 0 Å². The van der Waals surface area contributed by atoms with Gasteiger partial charge in [0.15, 0.2) is 11.9 Å². The summed E-state index contributed by atoms with van der Waals surface area (Å²) in [6.07, 6.45) is 2.21. The number of Topliss-reactive ketones (excluding diaryl/α,β-unsaturated/α-hetero) is 1. The first kappa shape index (κ1) is 18.0. The van der Waals surface area contributed by atoms with E-state index in [1.165, 1.54) is 0 Å². The Kier molecular flexibility index (Phi) is 6.25. The van der Waals surface area contributed by atoms with Crippen LogP contribution in [0.25, 0.3) is 0 Å². The summed E-state index contributed by atoms with van der Waals surface area (Å²) in [6, 6.07) is 16.3. The van der Waals surface area contributed by atoms with E-state index >= 15 is 0 Å². The van der Waals surface area contributed by atoms with E-state index < -0.39 is 12.1 Å². The number of hydrogen-bond acceptors (Lipinski definition) is 5. The van der Waals surface area contributed by atoms with E-state index in [1.54, 1.807) is 24.3 Å². The number of hydrogen-bond donors (Lipinski definition) is 0. The molecular weight excluding hydrogens is 332 g/mol. The maximum absolute atomic E-state index is 12.4. The molecular formula is C21H22O5. The molecule has 26 heavy (non-hydrogen) atoms. The Morgan fingerprint density at radius 3 is 2.46 bits per heavy atom. The summed E-state index contributed by atoms with van der Waals surface area (Å²) in [6.45, 7) is 0.649. The fourth-order valence-corrected chi connectivity index (χ4v) is 2.86. The van der Waals surface area contributed by atoms with E-state index in [9.17, 15) is 9.59 Å². The van der Waals surface area contributed by atoms with Gasteiger partial charge in [0.2, 0.25) is 0 Å². The first-order valence-corrected chi connectivity index (χ1v) is 8.87. The number of carbonyl (C=O) groups is 2. The number of esters is 1. The maximum atomic E-state index is 12.4. The highest BCUT2D eigenvalue weighted by molar-refractivity contribution is 5.95. The molecule has 1 aliphatic carbocycles. The molecule has 0 amide bonds. The number of carbonyl (C=O) groups excluding carboxylic acids is 2. The third-order valence-electron chi connectivity index (χ3n) is 4.21. The molecule has 0 bridgehead atoms. The lowest BCUT2D eigenvalue weighted by molar-refractivity contribution is -0.129. The molecule has 0 heterocycles. The smallest absolute Gasteiger partial charge is 0.342 e. The highest BCUT2D eigenvalue weighted by Crippen LogP contribution is 2.23. The molecule has 0 aliphatic heterocycles. The summed E-state index contributed by atoms with van der Waals surface area (Å²) in [5.41, 5.74) is 0.325. The van der Waals surface area contributed by atoms with Crippen molar-refractivity contribution in [3.8, 4) is 11.5 Å². The van der Waals surface area contributed by atoms with Gasteiger partial charge in [-0.15, -0.1) is 0 Å². The first-order chi connectivity index (χ1) is 12.7. The fraction of sp³-hybridized carbons (Fsp3) is 0.333. The van der Waals surface area contributed by atoms with Crippen LogP contribution in [0.2, 0.25) is 0 Å². The Labute approximate surface area is 152 Å². The third-order valence-corrected chi connectivity index (χ3v) is 4.21. The largest absolute Gasteiger partial charge is 0.490 e. The number of para-hydroxylation sites is 2. The highest BCUT2D eigenvalue weighted by Gasteiger charge is 2.27. The molecule has 2 aromatic rings. The van der Waals surface area contributed by atoms with Crippen LogP contribution in [0, 0.1) is 0 Å². The second-order valence-corrected chi connectivity index (χ2v) is 6.11. The average Bonchev–Trinajstić information content (AvgIpc) is 2.68. The second-order valence-electron chi connectivity index (χ2n) is 6.11. The molecule has 0 saturated heterocycles. The van der Waals surface area contributed by atoms with Crippen LogP contribution >= 0.6 is 0 Å². The fourth-order valence-electron chi connectivity index (χ4n) is 2.86. The van der Waals surface area contributed by atoms with Gasteiger partial charge in [0.25, 0.3) is 0 Å². The van der Waals surface area contributed by atoms with Gasteiger partial charge in [-0.2, -0.15) is 0 Å². The van der Waals surface area contributed by atoms with Crippen LogP contribution in [-0.2, 0) is 9.53 Å². The van der Waals surface area contributed by atoms with Gasteiger partial charge in [-0.05, 0) is 43.5 Å². The van der Waals surface area contributed by atoms with Crippen molar-refractivity contribution in [2.75, 3.05) is 13.2 Å². The van der Waals surface area contributed by atoms with Crippen LogP contribution in [0.1, 0.15) is 36.0 Å². The van der Waals surface area contributed by atoms with Gasteiger partial charge in [-0.1, -0.05) is 30.3 Å². The van der Waals surface area contributed by atoms with Crippen molar-refractivity contribution >= 4 is 11.8 Å². The summed E-state index contributed by atoms with van der Waals surface area (Å²) in [7, 11) is 0. The Bertz CT molecular complexity index is 741. The molecule has 3 rings (SSSR count). The predicted molar refractivity (Wildman–Crippen MR) is 96.6 cm³/mol. The van der Waals surface area contributed by atoms with Gasteiger partial charge in [-0.25, -0.2) is 4.79 Å². The Balaban J connectivity index is 1.55. The molecule has 1 atom stereocenters.